The summed E-state index contributed by atoms with van der Waals surface area (Å²) in [6, 6.07) is 0. The lowest BCUT2D eigenvalue weighted by molar-refractivity contribution is -0.118. The van der Waals surface area contributed by atoms with Gasteiger partial charge in [-0.15, -0.1) is 0 Å². The Hall–Kier alpha value is 0.150. The number of carbonyl (C=O) groups is 1. The van der Waals surface area contributed by atoms with Crippen molar-refractivity contribution in [2.45, 2.75) is 57.2 Å². The summed E-state index contributed by atoms with van der Waals surface area (Å²) in [6.45, 7) is 4.12. The second-order valence-corrected chi connectivity index (χ2v) is 4.24. The third-order valence-electron chi connectivity index (χ3n) is 2.01. The van der Waals surface area contributed by atoms with Gasteiger partial charge >= 0.3 is 0 Å². The van der Waals surface area contributed by atoms with Crippen molar-refractivity contribution >= 4 is 21.7 Å². The molecule has 0 heterocycles. The molecule has 0 aliphatic heterocycles. The standard InChI is InChI=1S/C10H19BrO/c1-3-5-6-7-8-9(11)10(12)4-2/h9H,3-8H2,1-2H3. The Morgan fingerprint density at radius 3 is 2.42 bits per heavy atom. The number of carbonyl (C=O) groups excluding carboxylic acids is 1. The van der Waals surface area contributed by atoms with Crippen LogP contribution in [-0.4, -0.2) is 10.6 Å². The molecule has 0 fully saturated rings. The maximum atomic E-state index is 11.1. The Morgan fingerprint density at radius 2 is 1.92 bits per heavy atom. The highest BCUT2D eigenvalue weighted by Crippen LogP contribution is 2.13. The highest BCUT2D eigenvalue weighted by atomic mass is 79.9. The molecule has 1 atom stereocenters. The lowest BCUT2D eigenvalue weighted by Gasteiger charge is -2.05. The largest absolute Gasteiger partial charge is 0.298 e. The van der Waals surface area contributed by atoms with Crippen LogP contribution in [0.3, 0.4) is 0 Å². The maximum absolute atomic E-state index is 11.1. The SMILES string of the molecule is CCCCCCC(Br)C(=O)CC. The average Bonchev–Trinajstić information content (AvgIpc) is 2.10. The molecular formula is C10H19BrO. The van der Waals surface area contributed by atoms with E-state index >= 15 is 0 Å². The van der Waals surface area contributed by atoms with Gasteiger partial charge in [-0.2, -0.15) is 0 Å². The fraction of sp³-hybridized carbons (Fsp3) is 0.900. The van der Waals surface area contributed by atoms with E-state index in [1.165, 1.54) is 25.7 Å². The summed E-state index contributed by atoms with van der Waals surface area (Å²) < 4.78 is 0. The van der Waals surface area contributed by atoms with E-state index in [0.29, 0.717) is 12.2 Å². The van der Waals surface area contributed by atoms with Gasteiger partial charge in [-0.1, -0.05) is 55.5 Å². The zero-order chi connectivity index (χ0) is 9.40. The molecule has 0 amide bonds. The number of unbranched alkanes of at least 4 members (excludes halogenated alkanes) is 3. The smallest absolute Gasteiger partial charge is 0.146 e. The summed E-state index contributed by atoms with van der Waals surface area (Å²) in [6.07, 6.45) is 6.65. The fourth-order valence-electron chi connectivity index (χ4n) is 1.13. The molecule has 0 aromatic rings. The molecular weight excluding hydrogens is 216 g/mol. The van der Waals surface area contributed by atoms with Gasteiger partial charge < -0.3 is 0 Å². The third-order valence-corrected chi connectivity index (χ3v) is 2.98. The first-order chi connectivity index (χ1) is 5.72. The van der Waals surface area contributed by atoms with E-state index in [4.69, 9.17) is 0 Å². The van der Waals surface area contributed by atoms with Crippen molar-refractivity contribution in [3.63, 3.8) is 0 Å². The average molecular weight is 235 g/mol. The van der Waals surface area contributed by atoms with Gasteiger partial charge in [0, 0.05) is 6.42 Å². The third kappa shape index (κ3) is 5.76. The predicted octanol–water partition coefficient (Wildman–Crippen LogP) is 3.70. The van der Waals surface area contributed by atoms with Crippen molar-refractivity contribution in [3.05, 3.63) is 0 Å². The Labute approximate surface area is 84.1 Å². The van der Waals surface area contributed by atoms with Crippen LogP contribution in [0.25, 0.3) is 0 Å². The van der Waals surface area contributed by atoms with Crippen LogP contribution in [0, 0.1) is 0 Å². The van der Waals surface area contributed by atoms with E-state index in [0.717, 1.165) is 6.42 Å². The molecule has 0 aliphatic rings. The second-order valence-electron chi connectivity index (χ2n) is 3.14. The number of Topliss-reactive ketones (excluding diaryl/α,β-unsaturated/α-hetero) is 1. The molecule has 0 radical (unpaired) electrons. The molecule has 72 valence electrons. The number of halogens is 1. The first kappa shape index (κ1) is 12.2. The van der Waals surface area contributed by atoms with Crippen molar-refractivity contribution in [3.8, 4) is 0 Å². The second kappa shape index (κ2) is 7.78. The Balaban J connectivity index is 3.31. The minimum atomic E-state index is 0.111. The zero-order valence-electron chi connectivity index (χ0n) is 8.11. The normalized spacial score (nSPS) is 12.9. The van der Waals surface area contributed by atoms with E-state index in [9.17, 15) is 4.79 Å². The number of rotatable bonds is 7. The van der Waals surface area contributed by atoms with Crippen LogP contribution in [0.4, 0.5) is 0 Å². The van der Waals surface area contributed by atoms with Gasteiger partial charge in [-0.3, -0.25) is 4.79 Å². The zero-order valence-corrected chi connectivity index (χ0v) is 9.69. The van der Waals surface area contributed by atoms with Crippen LogP contribution < -0.4 is 0 Å². The van der Waals surface area contributed by atoms with E-state index in [1.807, 2.05) is 6.92 Å². The molecule has 2 heteroatoms. The van der Waals surface area contributed by atoms with Gasteiger partial charge in [0.05, 0.1) is 4.83 Å². The van der Waals surface area contributed by atoms with Gasteiger partial charge in [0.1, 0.15) is 5.78 Å². The molecule has 0 aromatic carbocycles. The van der Waals surface area contributed by atoms with Crippen molar-refractivity contribution in [1.29, 1.82) is 0 Å². The summed E-state index contributed by atoms with van der Waals surface area (Å²) in [4.78, 5) is 11.2. The minimum absolute atomic E-state index is 0.111. The van der Waals surface area contributed by atoms with Crippen LogP contribution >= 0.6 is 15.9 Å². The summed E-state index contributed by atoms with van der Waals surface area (Å²) in [7, 11) is 0. The highest BCUT2D eigenvalue weighted by Gasteiger charge is 2.10. The van der Waals surface area contributed by atoms with Crippen LogP contribution in [0.1, 0.15) is 52.4 Å². The predicted molar refractivity (Wildman–Crippen MR) is 56.8 cm³/mol. The van der Waals surface area contributed by atoms with Gasteiger partial charge in [0.15, 0.2) is 0 Å². The van der Waals surface area contributed by atoms with Crippen molar-refractivity contribution < 1.29 is 4.79 Å². The molecule has 0 rings (SSSR count). The van der Waals surface area contributed by atoms with Crippen molar-refractivity contribution in [1.82, 2.24) is 0 Å². The Kier molecular flexibility index (Phi) is 7.88. The van der Waals surface area contributed by atoms with E-state index in [2.05, 4.69) is 22.9 Å². The molecule has 12 heavy (non-hydrogen) atoms. The number of alkyl halides is 1. The Morgan fingerprint density at radius 1 is 1.25 bits per heavy atom. The molecule has 0 spiro atoms. The first-order valence-corrected chi connectivity index (χ1v) is 5.80. The molecule has 0 aliphatic carbocycles. The number of ketones is 1. The summed E-state index contributed by atoms with van der Waals surface area (Å²) in [5.74, 6) is 0.339. The Bertz CT molecular complexity index is 123. The topological polar surface area (TPSA) is 17.1 Å². The fourth-order valence-corrected chi connectivity index (χ4v) is 1.78. The van der Waals surface area contributed by atoms with Gasteiger partial charge in [-0.05, 0) is 6.42 Å². The lowest BCUT2D eigenvalue weighted by Crippen LogP contribution is -2.11. The first-order valence-electron chi connectivity index (χ1n) is 4.89. The van der Waals surface area contributed by atoms with E-state index in [-0.39, 0.29) is 4.83 Å². The minimum Gasteiger partial charge on any atom is -0.298 e. The molecule has 0 aromatic heterocycles. The number of hydrogen-bond acceptors (Lipinski definition) is 1. The highest BCUT2D eigenvalue weighted by molar-refractivity contribution is 9.10. The molecule has 0 N–H and O–H groups in total. The summed E-state index contributed by atoms with van der Waals surface area (Å²) >= 11 is 3.41. The van der Waals surface area contributed by atoms with Gasteiger partial charge in [0.25, 0.3) is 0 Å². The van der Waals surface area contributed by atoms with Crippen LogP contribution in [-0.2, 0) is 4.79 Å². The molecule has 0 bridgehead atoms. The van der Waals surface area contributed by atoms with Crippen LogP contribution in [0.2, 0.25) is 0 Å². The monoisotopic (exact) mass is 234 g/mol. The molecule has 1 nitrogen and oxygen atoms in total. The number of hydrogen-bond donors (Lipinski definition) is 0. The van der Waals surface area contributed by atoms with E-state index < -0.39 is 0 Å². The van der Waals surface area contributed by atoms with E-state index in [1.54, 1.807) is 0 Å². The van der Waals surface area contributed by atoms with Crippen molar-refractivity contribution in [2.24, 2.45) is 0 Å². The molecule has 0 saturated carbocycles. The van der Waals surface area contributed by atoms with Gasteiger partial charge in [-0.25, -0.2) is 0 Å². The van der Waals surface area contributed by atoms with Gasteiger partial charge in [0.2, 0.25) is 0 Å². The molecule has 1 unspecified atom stereocenters. The lowest BCUT2D eigenvalue weighted by atomic mass is 10.1. The summed E-state index contributed by atoms with van der Waals surface area (Å²) in [5.41, 5.74) is 0. The summed E-state index contributed by atoms with van der Waals surface area (Å²) in [5, 5.41) is 0. The quantitative estimate of drug-likeness (QED) is 0.485. The maximum Gasteiger partial charge on any atom is 0.146 e. The van der Waals surface area contributed by atoms with Crippen LogP contribution in [0.5, 0.6) is 0 Å². The molecule has 0 saturated heterocycles. The van der Waals surface area contributed by atoms with Crippen LogP contribution in [0.15, 0.2) is 0 Å². The van der Waals surface area contributed by atoms with Crippen molar-refractivity contribution in [2.75, 3.05) is 0 Å².